The van der Waals surface area contributed by atoms with E-state index in [4.69, 9.17) is 0 Å². The molecule has 25 heavy (non-hydrogen) atoms. The predicted molar refractivity (Wildman–Crippen MR) is 93.2 cm³/mol. The first kappa shape index (κ1) is 16.4. The minimum Gasteiger partial charge on any atom is -0.478 e. The van der Waals surface area contributed by atoms with Crippen LogP contribution in [0.1, 0.15) is 20.7 Å². The van der Waals surface area contributed by atoms with Gasteiger partial charge >= 0.3 is 5.97 Å². The van der Waals surface area contributed by atoms with Crippen LogP contribution in [0.2, 0.25) is 0 Å². The highest BCUT2D eigenvalue weighted by molar-refractivity contribution is 6.08. The summed E-state index contributed by atoms with van der Waals surface area (Å²) in [5, 5.41) is 12.0. The van der Waals surface area contributed by atoms with Crippen LogP contribution < -0.4 is 5.32 Å². The van der Waals surface area contributed by atoms with Gasteiger partial charge in [0.1, 0.15) is 5.82 Å². The maximum atomic E-state index is 13.4. The second kappa shape index (κ2) is 6.97. The highest BCUT2D eigenvalue weighted by atomic mass is 19.1. The maximum Gasteiger partial charge on any atom is 0.337 e. The summed E-state index contributed by atoms with van der Waals surface area (Å²) in [5.74, 6) is -1.97. The Kier molecular flexibility index (Phi) is 4.57. The number of aromatic carboxylic acids is 1. The molecular formula is C20H14FNO3. The van der Waals surface area contributed by atoms with Crippen LogP contribution in [0.15, 0.2) is 72.8 Å². The van der Waals surface area contributed by atoms with Crippen molar-refractivity contribution in [2.75, 3.05) is 5.32 Å². The normalized spacial score (nSPS) is 10.3. The molecule has 0 unspecified atom stereocenters. The number of nitrogens with one attached hydrogen (secondary N) is 1. The van der Waals surface area contributed by atoms with Gasteiger partial charge in [-0.3, -0.25) is 4.79 Å². The highest BCUT2D eigenvalue weighted by Crippen LogP contribution is 2.27. The van der Waals surface area contributed by atoms with E-state index in [1.54, 1.807) is 48.5 Å². The third-order valence-corrected chi connectivity index (χ3v) is 3.69. The number of amides is 1. The van der Waals surface area contributed by atoms with Gasteiger partial charge in [-0.05, 0) is 47.5 Å². The molecule has 0 heterocycles. The van der Waals surface area contributed by atoms with E-state index in [-0.39, 0.29) is 11.3 Å². The Morgan fingerprint density at radius 3 is 2.24 bits per heavy atom. The van der Waals surface area contributed by atoms with Gasteiger partial charge < -0.3 is 10.4 Å². The zero-order valence-electron chi connectivity index (χ0n) is 13.1. The number of carboxylic acid groups (broad SMARTS) is 1. The Labute approximate surface area is 143 Å². The zero-order valence-corrected chi connectivity index (χ0v) is 13.1. The van der Waals surface area contributed by atoms with Crippen LogP contribution in [-0.4, -0.2) is 17.0 Å². The predicted octanol–water partition coefficient (Wildman–Crippen LogP) is 4.44. The van der Waals surface area contributed by atoms with Crippen LogP contribution in [-0.2, 0) is 0 Å². The van der Waals surface area contributed by atoms with Crippen molar-refractivity contribution < 1.29 is 19.1 Å². The molecule has 2 N–H and O–H groups in total. The molecule has 0 aliphatic heterocycles. The molecule has 3 aromatic carbocycles. The molecule has 0 radical (unpaired) electrons. The zero-order chi connectivity index (χ0) is 17.8. The first-order valence-corrected chi connectivity index (χ1v) is 7.54. The van der Waals surface area contributed by atoms with Crippen molar-refractivity contribution in [1.29, 1.82) is 0 Å². The monoisotopic (exact) mass is 335 g/mol. The van der Waals surface area contributed by atoms with E-state index in [1.807, 2.05) is 0 Å². The van der Waals surface area contributed by atoms with Gasteiger partial charge in [-0.15, -0.1) is 0 Å². The van der Waals surface area contributed by atoms with Crippen molar-refractivity contribution in [2.45, 2.75) is 0 Å². The van der Waals surface area contributed by atoms with E-state index in [9.17, 15) is 19.1 Å². The van der Waals surface area contributed by atoms with Gasteiger partial charge in [0.2, 0.25) is 0 Å². The summed E-state index contributed by atoms with van der Waals surface area (Å²) in [4.78, 5) is 23.8. The molecule has 0 fully saturated rings. The molecule has 0 atom stereocenters. The molecule has 1 amide bonds. The number of carboxylic acids is 1. The van der Waals surface area contributed by atoms with Crippen LogP contribution in [0.25, 0.3) is 11.1 Å². The molecule has 0 spiro atoms. The molecule has 0 saturated heterocycles. The summed E-state index contributed by atoms with van der Waals surface area (Å²) in [7, 11) is 0. The van der Waals surface area contributed by atoms with Crippen molar-refractivity contribution in [1.82, 2.24) is 0 Å². The summed E-state index contributed by atoms with van der Waals surface area (Å²) < 4.78 is 13.4. The highest BCUT2D eigenvalue weighted by Gasteiger charge is 2.15. The standard InChI is InChI=1S/C20H14FNO3/c21-16-8-4-7-14(11-16)15-9-10-17(20(24)25)18(12-15)22-19(23)13-5-2-1-3-6-13/h1-12H,(H,22,23)(H,24,25). The Hall–Kier alpha value is -3.47. The molecule has 0 aliphatic rings. The summed E-state index contributed by atoms with van der Waals surface area (Å²) in [6, 6.07) is 18.9. The first-order valence-electron chi connectivity index (χ1n) is 7.54. The fourth-order valence-corrected chi connectivity index (χ4v) is 2.47. The molecule has 124 valence electrons. The quantitative estimate of drug-likeness (QED) is 0.740. The van der Waals surface area contributed by atoms with Crippen molar-refractivity contribution in [3.63, 3.8) is 0 Å². The van der Waals surface area contributed by atoms with E-state index < -0.39 is 17.7 Å². The van der Waals surface area contributed by atoms with E-state index in [0.717, 1.165) is 0 Å². The van der Waals surface area contributed by atoms with Gasteiger partial charge in [-0.2, -0.15) is 0 Å². The molecule has 0 bridgehead atoms. The molecule has 0 aliphatic carbocycles. The topological polar surface area (TPSA) is 66.4 Å². The average Bonchev–Trinajstić information content (AvgIpc) is 2.62. The molecule has 3 rings (SSSR count). The van der Waals surface area contributed by atoms with Crippen LogP contribution in [0.3, 0.4) is 0 Å². The van der Waals surface area contributed by atoms with Crippen LogP contribution >= 0.6 is 0 Å². The first-order chi connectivity index (χ1) is 12.0. The van der Waals surface area contributed by atoms with Crippen molar-refractivity contribution in [2.24, 2.45) is 0 Å². The largest absolute Gasteiger partial charge is 0.478 e. The molecule has 5 heteroatoms. The van der Waals surface area contributed by atoms with Gasteiger partial charge in [0.25, 0.3) is 5.91 Å². The fourth-order valence-electron chi connectivity index (χ4n) is 2.47. The lowest BCUT2D eigenvalue weighted by atomic mass is 10.0. The van der Waals surface area contributed by atoms with Crippen LogP contribution in [0, 0.1) is 5.82 Å². The Morgan fingerprint density at radius 1 is 0.840 bits per heavy atom. The lowest BCUT2D eigenvalue weighted by Gasteiger charge is -2.11. The van der Waals surface area contributed by atoms with Crippen molar-refractivity contribution in [3.05, 3.63) is 89.7 Å². The Morgan fingerprint density at radius 2 is 1.56 bits per heavy atom. The summed E-state index contributed by atoms with van der Waals surface area (Å²) >= 11 is 0. The summed E-state index contributed by atoms with van der Waals surface area (Å²) in [6.07, 6.45) is 0. The van der Waals surface area contributed by atoms with Gasteiger partial charge in [-0.25, -0.2) is 9.18 Å². The number of anilines is 1. The number of benzene rings is 3. The number of carbonyl (C=O) groups is 2. The third kappa shape index (κ3) is 3.72. The molecule has 4 nitrogen and oxygen atoms in total. The number of halogens is 1. The van der Waals surface area contributed by atoms with Crippen LogP contribution in [0.4, 0.5) is 10.1 Å². The number of rotatable bonds is 4. The van der Waals surface area contributed by atoms with Crippen LogP contribution in [0.5, 0.6) is 0 Å². The number of hydrogen-bond donors (Lipinski definition) is 2. The molecule has 0 saturated carbocycles. The average molecular weight is 335 g/mol. The lowest BCUT2D eigenvalue weighted by Crippen LogP contribution is -2.14. The van der Waals surface area contributed by atoms with Gasteiger partial charge in [0.05, 0.1) is 11.3 Å². The third-order valence-electron chi connectivity index (χ3n) is 3.69. The smallest absolute Gasteiger partial charge is 0.337 e. The van der Waals surface area contributed by atoms with Gasteiger partial charge in [0.15, 0.2) is 0 Å². The van der Waals surface area contributed by atoms with E-state index in [1.165, 1.54) is 24.3 Å². The van der Waals surface area contributed by atoms with Crippen molar-refractivity contribution >= 4 is 17.6 Å². The maximum absolute atomic E-state index is 13.4. The number of hydrogen-bond acceptors (Lipinski definition) is 2. The lowest BCUT2D eigenvalue weighted by molar-refractivity contribution is 0.0698. The Bertz CT molecular complexity index is 939. The second-order valence-corrected chi connectivity index (χ2v) is 5.40. The summed E-state index contributed by atoms with van der Waals surface area (Å²) in [5.41, 5.74) is 1.72. The van der Waals surface area contributed by atoms with Crippen molar-refractivity contribution in [3.8, 4) is 11.1 Å². The SMILES string of the molecule is O=C(Nc1cc(-c2cccc(F)c2)ccc1C(=O)O)c1ccccc1. The molecule has 0 aromatic heterocycles. The molecule has 3 aromatic rings. The van der Waals surface area contributed by atoms with Gasteiger partial charge in [0, 0.05) is 5.56 Å². The fraction of sp³-hybridized carbons (Fsp3) is 0. The summed E-state index contributed by atoms with van der Waals surface area (Å²) in [6.45, 7) is 0. The van der Waals surface area contributed by atoms with E-state index in [2.05, 4.69) is 5.32 Å². The molecular weight excluding hydrogens is 321 g/mol. The Balaban J connectivity index is 2.00. The van der Waals surface area contributed by atoms with Gasteiger partial charge in [-0.1, -0.05) is 36.4 Å². The van der Waals surface area contributed by atoms with E-state index >= 15 is 0 Å². The van der Waals surface area contributed by atoms with E-state index in [0.29, 0.717) is 16.7 Å². The second-order valence-electron chi connectivity index (χ2n) is 5.40. The number of carbonyl (C=O) groups excluding carboxylic acids is 1. The minimum atomic E-state index is -1.16. The minimum absolute atomic E-state index is 0.0376.